The van der Waals surface area contributed by atoms with Crippen LogP contribution < -0.4 is 11.1 Å². The van der Waals surface area contributed by atoms with Crippen molar-refractivity contribution in [1.29, 1.82) is 0 Å². The average molecular weight is 380 g/mol. The summed E-state index contributed by atoms with van der Waals surface area (Å²) in [5, 5.41) is 2.92. The molecule has 1 aliphatic rings. The van der Waals surface area contributed by atoms with Crippen LogP contribution in [-0.4, -0.2) is 29.3 Å². The molecule has 1 aliphatic heterocycles. The Morgan fingerprint density at radius 3 is 2.61 bits per heavy atom. The van der Waals surface area contributed by atoms with Gasteiger partial charge in [0.25, 0.3) is 5.91 Å². The number of nitrogens with one attached hydrogen (secondary N) is 1. The van der Waals surface area contributed by atoms with Gasteiger partial charge in [-0.25, -0.2) is 0 Å². The molecule has 2 aromatic rings. The van der Waals surface area contributed by atoms with E-state index in [9.17, 15) is 9.59 Å². The Labute approximate surface area is 166 Å². The van der Waals surface area contributed by atoms with Gasteiger partial charge in [0.1, 0.15) is 0 Å². The number of carbonyl (C=O) groups excluding carboxylic acids is 2. The Kier molecular flexibility index (Phi) is 6.47. The van der Waals surface area contributed by atoms with Crippen LogP contribution >= 0.6 is 0 Å². The van der Waals surface area contributed by atoms with E-state index in [1.807, 2.05) is 54.3 Å². The topological polar surface area (TPSA) is 75.4 Å². The SMILES string of the molecule is Cc1cc(C(=O)N2CCCCC2C)ccc1NC(=O)CC(N)c1ccccc1. The van der Waals surface area contributed by atoms with Crippen molar-refractivity contribution >= 4 is 17.5 Å². The molecule has 1 heterocycles. The Morgan fingerprint density at radius 1 is 1.18 bits per heavy atom. The monoisotopic (exact) mass is 379 g/mol. The Morgan fingerprint density at radius 2 is 1.93 bits per heavy atom. The molecule has 0 spiro atoms. The Balaban J connectivity index is 1.64. The molecule has 2 unspecified atom stereocenters. The smallest absolute Gasteiger partial charge is 0.254 e. The van der Waals surface area contributed by atoms with Crippen molar-refractivity contribution in [3.8, 4) is 0 Å². The Hall–Kier alpha value is -2.66. The number of carbonyl (C=O) groups is 2. The summed E-state index contributed by atoms with van der Waals surface area (Å²) >= 11 is 0. The standard InChI is InChI=1S/C23H29N3O2/c1-16-14-19(23(28)26-13-7-6-8-17(26)2)11-12-21(16)25-22(27)15-20(24)18-9-4-3-5-10-18/h3-5,9-12,14,17,20H,6-8,13,15,24H2,1-2H3,(H,25,27). The highest BCUT2D eigenvalue weighted by Crippen LogP contribution is 2.23. The Bertz CT molecular complexity index is 835. The zero-order chi connectivity index (χ0) is 20.1. The number of anilines is 1. The van der Waals surface area contributed by atoms with Crippen molar-refractivity contribution in [2.75, 3.05) is 11.9 Å². The first-order valence-corrected chi connectivity index (χ1v) is 9.97. The van der Waals surface area contributed by atoms with Crippen LogP contribution in [0.25, 0.3) is 0 Å². The lowest BCUT2D eigenvalue weighted by molar-refractivity contribution is -0.116. The molecule has 1 fully saturated rings. The molecule has 3 N–H and O–H groups in total. The third-order valence-corrected chi connectivity index (χ3v) is 5.44. The fraction of sp³-hybridized carbons (Fsp3) is 0.391. The number of likely N-dealkylation sites (tertiary alicyclic amines) is 1. The summed E-state index contributed by atoms with van der Waals surface area (Å²) in [6, 6.07) is 15.0. The van der Waals surface area contributed by atoms with Crippen molar-refractivity contribution in [1.82, 2.24) is 4.90 Å². The van der Waals surface area contributed by atoms with Gasteiger partial charge in [0.15, 0.2) is 0 Å². The third kappa shape index (κ3) is 4.78. The van der Waals surface area contributed by atoms with Crippen LogP contribution in [-0.2, 0) is 4.79 Å². The number of hydrogen-bond acceptors (Lipinski definition) is 3. The predicted molar refractivity (Wildman–Crippen MR) is 112 cm³/mol. The number of piperidine rings is 1. The van der Waals surface area contributed by atoms with Gasteiger partial charge in [0.05, 0.1) is 0 Å². The van der Waals surface area contributed by atoms with Gasteiger partial charge >= 0.3 is 0 Å². The van der Waals surface area contributed by atoms with Crippen LogP contribution in [0.3, 0.4) is 0 Å². The summed E-state index contributed by atoms with van der Waals surface area (Å²) < 4.78 is 0. The lowest BCUT2D eigenvalue weighted by Gasteiger charge is -2.33. The van der Waals surface area contributed by atoms with Crippen molar-refractivity contribution in [3.05, 3.63) is 65.2 Å². The highest BCUT2D eigenvalue weighted by Gasteiger charge is 2.24. The van der Waals surface area contributed by atoms with Crippen LogP contribution in [0.5, 0.6) is 0 Å². The summed E-state index contributed by atoms with van der Waals surface area (Å²) in [7, 11) is 0. The van der Waals surface area contributed by atoms with E-state index in [4.69, 9.17) is 5.73 Å². The first kappa shape index (κ1) is 20.1. The minimum absolute atomic E-state index is 0.0688. The lowest BCUT2D eigenvalue weighted by Crippen LogP contribution is -2.42. The van der Waals surface area contributed by atoms with Gasteiger partial charge in [0, 0.05) is 36.3 Å². The molecule has 0 bridgehead atoms. The number of rotatable bonds is 5. The van der Waals surface area contributed by atoms with Gasteiger partial charge in [-0.3, -0.25) is 9.59 Å². The second kappa shape index (κ2) is 9.02. The van der Waals surface area contributed by atoms with Crippen LogP contribution in [0.15, 0.2) is 48.5 Å². The maximum Gasteiger partial charge on any atom is 0.254 e. The van der Waals surface area contributed by atoms with Gasteiger partial charge in [-0.05, 0) is 62.4 Å². The molecule has 0 aromatic heterocycles. The molecule has 0 aliphatic carbocycles. The maximum absolute atomic E-state index is 12.8. The zero-order valence-electron chi connectivity index (χ0n) is 16.7. The number of amides is 2. The second-order valence-corrected chi connectivity index (χ2v) is 7.64. The van der Waals surface area contributed by atoms with E-state index >= 15 is 0 Å². The highest BCUT2D eigenvalue weighted by atomic mass is 16.2. The summed E-state index contributed by atoms with van der Waals surface area (Å²) in [5.74, 6) is -0.0672. The molecule has 3 rings (SSSR count). The zero-order valence-corrected chi connectivity index (χ0v) is 16.7. The molecule has 148 valence electrons. The van der Waals surface area contributed by atoms with E-state index < -0.39 is 0 Å². The van der Waals surface area contributed by atoms with Gasteiger partial charge in [0.2, 0.25) is 5.91 Å². The molecule has 1 saturated heterocycles. The molecule has 28 heavy (non-hydrogen) atoms. The van der Waals surface area contributed by atoms with Crippen molar-refractivity contribution < 1.29 is 9.59 Å². The van der Waals surface area contributed by atoms with Gasteiger partial charge in [-0.15, -0.1) is 0 Å². The quantitative estimate of drug-likeness (QED) is 0.823. The van der Waals surface area contributed by atoms with Gasteiger partial charge < -0.3 is 16.0 Å². The lowest BCUT2D eigenvalue weighted by atomic mass is 10.0. The summed E-state index contributed by atoms with van der Waals surface area (Å²) in [5.41, 5.74) is 9.33. The van der Waals surface area contributed by atoms with E-state index in [1.165, 1.54) is 6.42 Å². The largest absolute Gasteiger partial charge is 0.336 e. The van der Waals surface area contributed by atoms with Gasteiger partial charge in [-0.2, -0.15) is 0 Å². The summed E-state index contributed by atoms with van der Waals surface area (Å²) in [6.45, 7) is 4.83. The van der Waals surface area contributed by atoms with E-state index in [-0.39, 0.29) is 30.3 Å². The number of nitrogens with zero attached hydrogens (tertiary/aromatic N) is 1. The number of hydrogen-bond donors (Lipinski definition) is 2. The van der Waals surface area contributed by atoms with E-state index in [1.54, 1.807) is 6.07 Å². The number of aryl methyl sites for hydroxylation is 1. The van der Waals surface area contributed by atoms with Crippen LogP contribution in [0.4, 0.5) is 5.69 Å². The first-order chi connectivity index (χ1) is 13.5. The minimum Gasteiger partial charge on any atom is -0.336 e. The van der Waals surface area contributed by atoms with Crippen LogP contribution in [0, 0.1) is 6.92 Å². The summed E-state index contributed by atoms with van der Waals surface area (Å²) in [4.78, 5) is 27.2. The molecule has 2 atom stereocenters. The van der Waals surface area contributed by atoms with E-state index in [0.29, 0.717) is 11.3 Å². The normalized spacial score (nSPS) is 17.8. The highest BCUT2D eigenvalue weighted by molar-refractivity contribution is 5.97. The second-order valence-electron chi connectivity index (χ2n) is 7.64. The molecular weight excluding hydrogens is 350 g/mol. The fourth-order valence-electron chi connectivity index (χ4n) is 3.72. The molecule has 5 nitrogen and oxygen atoms in total. The average Bonchev–Trinajstić information content (AvgIpc) is 2.70. The molecule has 2 amide bonds. The summed E-state index contributed by atoms with van der Waals surface area (Å²) in [6.07, 6.45) is 3.50. The van der Waals surface area contributed by atoms with Crippen molar-refractivity contribution in [3.63, 3.8) is 0 Å². The van der Waals surface area contributed by atoms with Gasteiger partial charge in [-0.1, -0.05) is 30.3 Å². The molecular formula is C23H29N3O2. The molecule has 0 saturated carbocycles. The van der Waals surface area contributed by atoms with Crippen LogP contribution in [0.2, 0.25) is 0 Å². The fourth-order valence-corrected chi connectivity index (χ4v) is 3.72. The third-order valence-electron chi connectivity index (χ3n) is 5.44. The van der Waals surface area contributed by atoms with Crippen molar-refractivity contribution in [2.24, 2.45) is 5.73 Å². The predicted octanol–water partition coefficient (Wildman–Crippen LogP) is 4.04. The molecule has 5 heteroatoms. The van der Waals surface area contributed by atoms with E-state index in [2.05, 4.69) is 12.2 Å². The maximum atomic E-state index is 12.8. The number of nitrogens with two attached hydrogens (primary N) is 1. The molecule has 2 aromatic carbocycles. The first-order valence-electron chi connectivity index (χ1n) is 9.97. The van der Waals surface area contributed by atoms with Crippen molar-refractivity contribution in [2.45, 2.75) is 51.6 Å². The van der Waals surface area contributed by atoms with Crippen LogP contribution in [0.1, 0.15) is 60.1 Å². The minimum atomic E-state index is -0.344. The van der Waals surface area contributed by atoms with E-state index in [0.717, 1.165) is 30.5 Å². The molecule has 0 radical (unpaired) electrons. The number of benzene rings is 2.